The summed E-state index contributed by atoms with van der Waals surface area (Å²) in [6.07, 6.45) is -0.626. The summed E-state index contributed by atoms with van der Waals surface area (Å²) in [7, 11) is 0. The summed E-state index contributed by atoms with van der Waals surface area (Å²) in [6, 6.07) is 7.22. The molecule has 0 saturated carbocycles. The Hall–Kier alpha value is -2.87. The fourth-order valence-corrected chi connectivity index (χ4v) is 3.34. The van der Waals surface area contributed by atoms with E-state index in [4.69, 9.17) is 9.47 Å². The molecule has 0 atom stereocenters. The molecular weight excluding hydrogens is 370 g/mol. The van der Waals surface area contributed by atoms with Crippen molar-refractivity contribution in [2.24, 2.45) is 0 Å². The van der Waals surface area contributed by atoms with Gasteiger partial charge >= 0.3 is 5.97 Å². The molecule has 0 unspecified atom stereocenters. The van der Waals surface area contributed by atoms with Gasteiger partial charge in [0, 0.05) is 23.3 Å². The Morgan fingerprint density at radius 3 is 2.37 bits per heavy atom. The number of thiophene rings is 1. The second-order valence-corrected chi connectivity index (χ2v) is 6.33. The molecule has 1 heterocycles. The molecule has 0 radical (unpaired) electrons. The van der Waals surface area contributed by atoms with E-state index < -0.39 is 24.3 Å². The third kappa shape index (κ3) is 5.55. The molecule has 2 rings (SSSR count). The predicted molar refractivity (Wildman–Crippen MR) is 99.8 cm³/mol. The lowest BCUT2D eigenvalue weighted by Crippen LogP contribution is -2.24. The summed E-state index contributed by atoms with van der Waals surface area (Å²) in [5.74, 6) is -1.66. The van der Waals surface area contributed by atoms with E-state index in [0.29, 0.717) is 22.9 Å². The van der Waals surface area contributed by atoms with Gasteiger partial charge in [0.05, 0.1) is 13.2 Å². The number of carboxylic acid groups (broad SMARTS) is 1. The maximum absolute atomic E-state index is 12.4. The molecule has 27 heavy (non-hydrogen) atoms. The van der Waals surface area contributed by atoms with E-state index >= 15 is 0 Å². The van der Waals surface area contributed by atoms with E-state index in [0.717, 1.165) is 5.56 Å². The number of benzene rings is 1. The molecule has 0 fully saturated rings. The van der Waals surface area contributed by atoms with Crippen LogP contribution >= 0.6 is 11.3 Å². The monoisotopic (exact) mass is 390 g/mol. The number of anilines is 1. The first-order valence-electron chi connectivity index (χ1n) is 8.47. The summed E-state index contributed by atoms with van der Waals surface area (Å²) < 4.78 is 10.5. The van der Waals surface area contributed by atoms with Crippen LogP contribution in [0.1, 0.15) is 37.0 Å². The largest absolute Gasteiger partial charge is 0.550 e. The maximum Gasteiger partial charge on any atom is 0.341 e. The molecule has 8 heteroatoms. The number of carboxylic acids is 1. The Morgan fingerprint density at radius 1 is 1.07 bits per heavy atom. The summed E-state index contributed by atoms with van der Waals surface area (Å²) >= 11 is 1.18. The van der Waals surface area contributed by atoms with Crippen molar-refractivity contribution in [2.45, 2.75) is 26.7 Å². The van der Waals surface area contributed by atoms with E-state index in [2.05, 4.69) is 5.32 Å². The van der Waals surface area contributed by atoms with Gasteiger partial charge in [0.25, 0.3) is 0 Å². The van der Waals surface area contributed by atoms with E-state index in [-0.39, 0.29) is 18.6 Å². The molecule has 0 aliphatic carbocycles. The Morgan fingerprint density at radius 2 is 1.78 bits per heavy atom. The van der Waals surface area contributed by atoms with Crippen LogP contribution < -0.4 is 15.2 Å². The summed E-state index contributed by atoms with van der Waals surface area (Å²) in [5.41, 5.74) is 1.64. The average Bonchev–Trinajstić information content (AvgIpc) is 3.04. The molecule has 144 valence electrons. The average molecular weight is 390 g/mol. The first-order chi connectivity index (χ1) is 13.0. The molecule has 2 aromatic rings. The number of rotatable bonds is 9. The number of ether oxygens (including phenoxy) is 2. The van der Waals surface area contributed by atoms with Crippen molar-refractivity contribution in [3.05, 3.63) is 35.2 Å². The first-order valence-corrected chi connectivity index (χ1v) is 9.35. The van der Waals surface area contributed by atoms with Gasteiger partial charge in [-0.05, 0) is 38.0 Å². The third-order valence-corrected chi connectivity index (χ3v) is 4.45. The van der Waals surface area contributed by atoms with Crippen LogP contribution in [0.3, 0.4) is 0 Å². The highest BCUT2D eigenvalue weighted by Gasteiger charge is 2.22. The highest BCUT2D eigenvalue weighted by atomic mass is 32.1. The van der Waals surface area contributed by atoms with Gasteiger partial charge in [-0.15, -0.1) is 11.3 Å². The molecule has 0 saturated heterocycles. The minimum absolute atomic E-state index is 0.190. The first kappa shape index (κ1) is 20.4. The number of carbonyl (C=O) groups excluding carboxylic acids is 3. The van der Waals surface area contributed by atoms with E-state index in [1.54, 1.807) is 24.4 Å². The number of nitrogens with one attached hydrogen (secondary N) is 1. The zero-order valence-corrected chi connectivity index (χ0v) is 15.9. The molecule has 0 spiro atoms. The van der Waals surface area contributed by atoms with Gasteiger partial charge in [0.1, 0.15) is 16.3 Å². The zero-order chi connectivity index (χ0) is 19.8. The van der Waals surface area contributed by atoms with Crippen molar-refractivity contribution < 1.29 is 29.0 Å². The minimum Gasteiger partial charge on any atom is -0.550 e. The van der Waals surface area contributed by atoms with Crippen molar-refractivity contribution in [3.63, 3.8) is 0 Å². The standard InChI is InChI=1S/C19H21NO6S/c1-3-25-13-7-5-12(6-8-13)14-11-27-18(17(14)19(24)26-4-2)20-15(21)9-10-16(22)23/h5-8,11H,3-4,9-10H2,1-2H3,(H,20,21)(H,22,23)/p-1. The number of hydrogen-bond acceptors (Lipinski definition) is 7. The number of hydrogen-bond donors (Lipinski definition) is 1. The molecule has 0 bridgehead atoms. The molecule has 0 aliphatic heterocycles. The van der Waals surface area contributed by atoms with Crippen molar-refractivity contribution in [3.8, 4) is 16.9 Å². The van der Waals surface area contributed by atoms with Crippen molar-refractivity contribution >= 4 is 34.2 Å². The Balaban J connectivity index is 2.31. The van der Waals surface area contributed by atoms with Crippen LogP contribution in [0, 0.1) is 0 Å². The summed E-state index contributed by atoms with van der Waals surface area (Å²) in [4.78, 5) is 34.9. The lowest BCUT2D eigenvalue weighted by Gasteiger charge is -2.09. The maximum atomic E-state index is 12.4. The number of aliphatic carboxylic acids is 1. The second-order valence-electron chi connectivity index (χ2n) is 5.45. The van der Waals surface area contributed by atoms with Crippen molar-refractivity contribution in [1.29, 1.82) is 0 Å². The molecule has 1 aromatic carbocycles. The van der Waals surface area contributed by atoms with Gasteiger partial charge in [0.2, 0.25) is 5.91 Å². The van der Waals surface area contributed by atoms with Gasteiger partial charge < -0.3 is 24.7 Å². The number of esters is 1. The van der Waals surface area contributed by atoms with E-state index in [1.165, 1.54) is 11.3 Å². The Bertz CT molecular complexity index is 812. The van der Waals surface area contributed by atoms with Crippen molar-refractivity contribution in [2.75, 3.05) is 18.5 Å². The molecule has 0 aliphatic rings. The van der Waals surface area contributed by atoms with Crippen molar-refractivity contribution in [1.82, 2.24) is 0 Å². The fourth-order valence-electron chi connectivity index (χ4n) is 2.37. The van der Waals surface area contributed by atoms with Gasteiger partial charge in [-0.1, -0.05) is 12.1 Å². The highest BCUT2D eigenvalue weighted by molar-refractivity contribution is 7.15. The normalized spacial score (nSPS) is 10.3. The number of amides is 1. The molecular formula is C19H20NO6S-. The minimum atomic E-state index is -1.31. The van der Waals surface area contributed by atoms with Crippen LogP contribution in [0.25, 0.3) is 11.1 Å². The lowest BCUT2D eigenvalue weighted by molar-refractivity contribution is -0.305. The number of carbonyl (C=O) groups is 3. The zero-order valence-electron chi connectivity index (χ0n) is 15.1. The topological polar surface area (TPSA) is 105 Å². The summed E-state index contributed by atoms with van der Waals surface area (Å²) in [6.45, 7) is 4.32. The van der Waals surface area contributed by atoms with Crippen LogP contribution in [0.5, 0.6) is 5.75 Å². The molecule has 1 aromatic heterocycles. The smallest absolute Gasteiger partial charge is 0.341 e. The van der Waals surface area contributed by atoms with Crippen LogP contribution in [0.15, 0.2) is 29.6 Å². The van der Waals surface area contributed by atoms with Gasteiger partial charge in [-0.25, -0.2) is 4.79 Å². The Kier molecular flexibility index (Phi) is 7.36. The Labute approximate surface area is 160 Å². The van der Waals surface area contributed by atoms with E-state index in [9.17, 15) is 19.5 Å². The second kappa shape index (κ2) is 9.72. The van der Waals surface area contributed by atoms with Crippen LogP contribution in [0.2, 0.25) is 0 Å². The third-order valence-electron chi connectivity index (χ3n) is 3.56. The van der Waals surface area contributed by atoms with Gasteiger partial charge in [-0.3, -0.25) is 4.79 Å². The van der Waals surface area contributed by atoms with Gasteiger partial charge in [-0.2, -0.15) is 0 Å². The predicted octanol–water partition coefficient (Wildman–Crippen LogP) is 2.46. The molecule has 1 amide bonds. The van der Waals surface area contributed by atoms with Crippen LogP contribution in [-0.4, -0.2) is 31.1 Å². The van der Waals surface area contributed by atoms with Crippen LogP contribution in [-0.2, 0) is 14.3 Å². The quantitative estimate of drug-likeness (QED) is 0.660. The summed E-state index contributed by atoms with van der Waals surface area (Å²) in [5, 5.41) is 15.2. The molecule has 1 N–H and O–H groups in total. The highest BCUT2D eigenvalue weighted by Crippen LogP contribution is 2.37. The van der Waals surface area contributed by atoms with Crippen LogP contribution in [0.4, 0.5) is 5.00 Å². The van der Waals surface area contributed by atoms with Gasteiger partial charge in [0.15, 0.2) is 0 Å². The fraction of sp³-hybridized carbons (Fsp3) is 0.316. The SMILES string of the molecule is CCOC(=O)c1c(-c2ccc(OCC)cc2)csc1NC(=O)CCC(=O)[O-]. The lowest BCUT2D eigenvalue weighted by atomic mass is 10.0. The molecule has 7 nitrogen and oxygen atoms in total. The van der Waals surface area contributed by atoms with E-state index in [1.807, 2.05) is 19.1 Å².